The van der Waals surface area contributed by atoms with Crippen LogP contribution in [0.4, 0.5) is 11.4 Å². The molecule has 25 heavy (non-hydrogen) atoms. The Morgan fingerprint density at radius 2 is 1.68 bits per heavy atom. The first-order valence-corrected chi connectivity index (χ1v) is 7.96. The third-order valence-electron chi connectivity index (χ3n) is 4.04. The summed E-state index contributed by atoms with van der Waals surface area (Å²) in [7, 11) is 1.60. The maximum Gasteiger partial charge on any atom is 0.308 e. The zero-order chi connectivity index (χ0) is 18.4. The van der Waals surface area contributed by atoms with Gasteiger partial charge in [-0.25, -0.2) is 0 Å². The molecule has 0 radical (unpaired) electrons. The summed E-state index contributed by atoms with van der Waals surface area (Å²) in [6.45, 7) is 3.24. The lowest BCUT2D eigenvalue weighted by atomic mass is 10.0. The normalized spacial score (nSPS) is 12.8. The summed E-state index contributed by atoms with van der Waals surface area (Å²) < 4.78 is 5.13. The molecule has 0 aliphatic rings. The van der Waals surface area contributed by atoms with Crippen molar-refractivity contribution in [2.24, 2.45) is 5.92 Å². The number of carboxylic acid groups (broad SMARTS) is 1. The first-order valence-electron chi connectivity index (χ1n) is 7.96. The van der Waals surface area contributed by atoms with E-state index in [2.05, 4.69) is 10.6 Å². The van der Waals surface area contributed by atoms with Crippen LogP contribution in [-0.2, 0) is 4.79 Å². The number of ether oxygens (including phenoxy) is 1. The molecule has 2 atom stereocenters. The van der Waals surface area contributed by atoms with Crippen LogP contribution in [0.5, 0.6) is 5.75 Å². The van der Waals surface area contributed by atoms with Crippen LogP contribution in [0.15, 0.2) is 48.5 Å². The fraction of sp³-hybridized carbons (Fsp3) is 0.263. The third kappa shape index (κ3) is 4.73. The molecule has 0 saturated heterocycles. The number of amides is 1. The van der Waals surface area contributed by atoms with Crippen molar-refractivity contribution >= 4 is 23.3 Å². The van der Waals surface area contributed by atoms with Crippen LogP contribution in [0, 0.1) is 5.92 Å². The van der Waals surface area contributed by atoms with Gasteiger partial charge in [0.2, 0.25) is 0 Å². The molecule has 1 amide bonds. The molecule has 2 aromatic carbocycles. The van der Waals surface area contributed by atoms with E-state index in [0.29, 0.717) is 11.3 Å². The van der Waals surface area contributed by atoms with Gasteiger partial charge in [0.1, 0.15) is 5.75 Å². The minimum absolute atomic E-state index is 0.322. The summed E-state index contributed by atoms with van der Waals surface area (Å²) >= 11 is 0. The number of rotatable bonds is 7. The van der Waals surface area contributed by atoms with Gasteiger partial charge >= 0.3 is 5.97 Å². The summed E-state index contributed by atoms with van der Waals surface area (Å²) in [4.78, 5) is 23.6. The largest absolute Gasteiger partial charge is 0.497 e. The first-order chi connectivity index (χ1) is 11.9. The smallest absolute Gasteiger partial charge is 0.308 e. The lowest BCUT2D eigenvalue weighted by Crippen LogP contribution is -2.40. The van der Waals surface area contributed by atoms with Gasteiger partial charge < -0.3 is 20.5 Å². The van der Waals surface area contributed by atoms with Gasteiger partial charge in [0, 0.05) is 11.7 Å². The van der Waals surface area contributed by atoms with E-state index < -0.39 is 17.9 Å². The number of hydrogen-bond donors (Lipinski definition) is 3. The number of aliphatic carboxylic acids is 1. The third-order valence-corrected chi connectivity index (χ3v) is 4.04. The summed E-state index contributed by atoms with van der Waals surface area (Å²) in [5.74, 6) is -1.20. The Morgan fingerprint density at radius 1 is 1.04 bits per heavy atom. The summed E-state index contributed by atoms with van der Waals surface area (Å²) in [6.07, 6.45) is 0. The van der Waals surface area contributed by atoms with Crippen LogP contribution in [-0.4, -0.2) is 30.1 Å². The van der Waals surface area contributed by atoms with Gasteiger partial charge in [0.15, 0.2) is 0 Å². The maximum atomic E-state index is 12.5. The highest BCUT2D eigenvalue weighted by atomic mass is 16.5. The van der Waals surface area contributed by atoms with Gasteiger partial charge in [0.25, 0.3) is 5.91 Å². The zero-order valence-corrected chi connectivity index (χ0v) is 14.4. The lowest BCUT2D eigenvalue weighted by Gasteiger charge is -2.19. The molecule has 132 valence electrons. The molecule has 0 bridgehead atoms. The van der Waals surface area contributed by atoms with Crippen molar-refractivity contribution in [3.05, 3.63) is 54.1 Å². The number of carbonyl (C=O) groups is 2. The molecule has 0 heterocycles. The number of para-hydroxylation sites is 1. The molecule has 2 rings (SSSR count). The first kappa shape index (κ1) is 18.3. The van der Waals surface area contributed by atoms with Crippen molar-refractivity contribution in [2.45, 2.75) is 19.9 Å². The monoisotopic (exact) mass is 342 g/mol. The molecule has 2 unspecified atom stereocenters. The number of nitrogens with one attached hydrogen (secondary N) is 2. The van der Waals surface area contributed by atoms with Crippen molar-refractivity contribution < 1.29 is 19.4 Å². The van der Waals surface area contributed by atoms with Crippen molar-refractivity contribution in [1.29, 1.82) is 0 Å². The van der Waals surface area contributed by atoms with Crippen LogP contribution < -0.4 is 15.4 Å². The van der Waals surface area contributed by atoms with Gasteiger partial charge in [0.05, 0.1) is 24.3 Å². The minimum Gasteiger partial charge on any atom is -0.497 e. The average molecular weight is 342 g/mol. The number of methoxy groups -OCH3 is 1. The fourth-order valence-electron chi connectivity index (χ4n) is 2.24. The van der Waals surface area contributed by atoms with Crippen molar-refractivity contribution in [1.82, 2.24) is 5.32 Å². The summed E-state index contributed by atoms with van der Waals surface area (Å²) in [6, 6.07) is 13.9. The Hall–Kier alpha value is -3.02. The van der Waals surface area contributed by atoms with Gasteiger partial charge in [-0.05, 0) is 50.2 Å². The predicted molar refractivity (Wildman–Crippen MR) is 96.4 cm³/mol. The van der Waals surface area contributed by atoms with Crippen LogP contribution in [0.1, 0.15) is 24.2 Å². The standard InChI is InChI=1S/C19H22N2O4/c1-12(19(23)24)13(2)20-18(22)16-6-4-5-7-17(16)21-14-8-10-15(25-3)11-9-14/h4-13,21H,1-3H3,(H,20,22)(H,23,24). The second-order valence-corrected chi connectivity index (χ2v) is 5.79. The molecule has 0 saturated carbocycles. The molecule has 6 nitrogen and oxygen atoms in total. The summed E-state index contributed by atoms with van der Waals surface area (Å²) in [5, 5.41) is 15.0. The maximum absolute atomic E-state index is 12.5. The fourth-order valence-corrected chi connectivity index (χ4v) is 2.24. The van der Waals surface area contributed by atoms with Crippen molar-refractivity contribution in [3.8, 4) is 5.75 Å². The average Bonchev–Trinajstić information content (AvgIpc) is 2.61. The van der Waals surface area contributed by atoms with Crippen molar-refractivity contribution in [2.75, 3.05) is 12.4 Å². The molecule has 2 aromatic rings. The van der Waals surface area contributed by atoms with Crippen LogP contribution in [0.2, 0.25) is 0 Å². The number of anilines is 2. The molecule has 0 aliphatic heterocycles. The Morgan fingerprint density at radius 3 is 2.28 bits per heavy atom. The van der Waals surface area contributed by atoms with Gasteiger partial charge in [-0.2, -0.15) is 0 Å². The minimum atomic E-state index is -0.947. The van der Waals surface area contributed by atoms with E-state index in [1.807, 2.05) is 30.3 Å². The lowest BCUT2D eigenvalue weighted by molar-refractivity contribution is -0.141. The molecule has 0 fully saturated rings. The van der Waals surface area contributed by atoms with Crippen LogP contribution in [0.3, 0.4) is 0 Å². The van der Waals surface area contributed by atoms with E-state index in [4.69, 9.17) is 9.84 Å². The predicted octanol–water partition coefficient (Wildman–Crippen LogP) is 3.28. The van der Waals surface area contributed by atoms with Gasteiger partial charge in [-0.3, -0.25) is 9.59 Å². The summed E-state index contributed by atoms with van der Waals surface area (Å²) in [5.41, 5.74) is 1.90. The topological polar surface area (TPSA) is 87.7 Å². The van der Waals surface area contributed by atoms with Crippen LogP contribution in [0.25, 0.3) is 0 Å². The van der Waals surface area contributed by atoms with Crippen molar-refractivity contribution in [3.63, 3.8) is 0 Å². The molecule has 0 spiro atoms. The Kier molecular flexibility index (Phi) is 6.00. The molecule has 3 N–H and O–H groups in total. The number of carboxylic acids is 1. The Bertz CT molecular complexity index is 743. The Balaban J connectivity index is 2.16. The highest BCUT2D eigenvalue weighted by Gasteiger charge is 2.22. The molecule has 6 heteroatoms. The number of benzene rings is 2. The second-order valence-electron chi connectivity index (χ2n) is 5.79. The molecule has 0 aliphatic carbocycles. The van der Waals surface area contributed by atoms with E-state index in [0.717, 1.165) is 11.4 Å². The van der Waals surface area contributed by atoms with Gasteiger partial charge in [-0.15, -0.1) is 0 Å². The van der Waals surface area contributed by atoms with E-state index in [-0.39, 0.29) is 5.91 Å². The highest BCUT2D eigenvalue weighted by Crippen LogP contribution is 2.23. The van der Waals surface area contributed by atoms with E-state index in [9.17, 15) is 9.59 Å². The number of carbonyl (C=O) groups excluding carboxylic acids is 1. The highest BCUT2D eigenvalue weighted by molar-refractivity contribution is 6.00. The quantitative estimate of drug-likeness (QED) is 0.719. The molecular formula is C19H22N2O4. The second kappa shape index (κ2) is 8.19. The van der Waals surface area contributed by atoms with E-state index >= 15 is 0 Å². The number of hydrogen-bond acceptors (Lipinski definition) is 4. The molecule has 0 aromatic heterocycles. The molecular weight excluding hydrogens is 320 g/mol. The van der Waals surface area contributed by atoms with Gasteiger partial charge in [-0.1, -0.05) is 12.1 Å². The van der Waals surface area contributed by atoms with E-state index in [1.165, 1.54) is 0 Å². The zero-order valence-electron chi connectivity index (χ0n) is 14.4. The van der Waals surface area contributed by atoms with E-state index in [1.54, 1.807) is 39.2 Å². The van der Waals surface area contributed by atoms with Crippen LogP contribution >= 0.6 is 0 Å². The SMILES string of the molecule is COc1ccc(Nc2ccccc2C(=O)NC(C)C(C)C(=O)O)cc1. The Labute approximate surface area is 146 Å².